The Kier molecular flexibility index (Phi) is 5.10. The van der Waals surface area contributed by atoms with E-state index in [1.165, 1.54) is 6.07 Å². The zero-order valence-corrected chi connectivity index (χ0v) is 14.8. The maximum atomic E-state index is 14.0. The van der Waals surface area contributed by atoms with Crippen LogP contribution in [0.5, 0.6) is 5.75 Å². The maximum Gasteiger partial charge on any atom is 0.137 e. The van der Waals surface area contributed by atoms with Crippen LogP contribution in [-0.4, -0.2) is 7.11 Å². The third kappa shape index (κ3) is 3.18. The lowest BCUT2D eigenvalue weighted by molar-refractivity contribution is 0.407. The van der Waals surface area contributed by atoms with Crippen LogP contribution in [0.25, 0.3) is 0 Å². The lowest BCUT2D eigenvalue weighted by Gasteiger charge is -2.17. The number of rotatable bonds is 3. The third-order valence-corrected chi connectivity index (χ3v) is 4.73. The Labute approximate surface area is 139 Å². The topological polar surface area (TPSA) is 9.23 Å². The summed E-state index contributed by atoms with van der Waals surface area (Å²) in [6.45, 7) is 1.92. The lowest BCUT2D eigenvalue weighted by atomic mass is 10.0. The van der Waals surface area contributed by atoms with Crippen LogP contribution in [-0.2, 0) is 0 Å². The van der Waals surface area contributed by atoms with Gasteiger partial charge < -0.3 is 4.74 Å². The van der Waals surface area contributed by atoms with Gasteiger partial charge in [-0.3, -0.25) is 0 Å². The third-order valence-electron chi connectivity index (χ3n) is 2.94. The fraction of sp³-hybridized carbons (Fsp3) is 0.200. The summed E-state index contributed by atoms with van der Waals surface area (Å²) in [5.74, 6) is 0.368. The molecule has 2 rings (SSSR count). The normalized spacial score (nSPS) is 12.3. The summed E-state index contributed by atoms with van der Waals surface area (Å²) in [4.78, 5) is -0.340. The largest absolute Gasteiger partial charge is 0.495 e. The van der Waals surface area contributed by atoms with Crippen LogP contribution in [0.15, 0.2) is 34.8 Å². The molecule has 0 amide bonds. The second-order valence-corrected chi connectivity index (χ2v) is 6.60. The molecule has 2 aromatic carbocycles. The molecule has 1 unspecified atom stereocenters. The van der Waals surface area contributed by atoms with Crippen LogP contribution >= 0.6 is 43.5 Å². The van der Waals surface area contributed by atoms with Gasteiger partial charge in [0.25, 0.3) is 0 Å². The molecule has 0 bridgehead atoms. The first-order valence-corrected chi connectivity index (χ1v) is 7.95. The second kappa shape index (κ2) is 6.46. The SMILES string of the molecule is COc1c(Br)cc(Cl)cc1C(Br)c1cc(C)ccc1F. The van der Waals surface area contributed by atoms with Crippen LogP contribution < -0.4 is 4.74 Å². The number of hydrogen-bond donors (Lipinski definition) is 0. The van der Waals surface area contributed by atoms with Crippen LogP contribution in [0.3, 0.4) is 0 Å². The van der Waals surface area contributed by atoms with Crippen molar-refractivity contribution in [3.05, 3.63) is 62.3 Å². The van der Waals surface area contributed by atoms with Gasteiger partial charge >= 0.3 is 0 Å². The van der Waals surface area contributed by atoms with Gasteiger partial charge in [-0.15, -0.1) is 0 Å². The van der Waals surface area contributed by atoms with E-state index in [9.17, 15) is 4.39 Å². The highest BCUT2D eigenvalue weighted by atomic mass is 79.9. The number of alkyl halides is 1. The Balaban J connectivity index is 2.58. The number of halogens is 4. The van der Waals surface area contributed by atoms with Crippen LogP contribution in [0.2, 0.25) is 5.02 Å². The molecule has 106 valence electrons. The monoisotopic (exact) mass is 420 g/mol. The number of methoxy groups -OCH3 is 1. The second-order valence-electron chi connectivity index (χ2n) is 4.40. The average Bonchev–Trinajstić information content (AvgIpc) is 2.40. The molecule has 0 N–H and O–H groups in total. The smallest absolute Gasteiger partial charge is 0.137 e. The van der Waals surface area contributed by atoms with Crippen molar-refractivity contribution in [2.24, 2.45) is 0 Å². The Hall–Kier alpha value is -0.580. The van der Waals surface area contributed by atoms with Crippen molar-refractivity contribution in [2.75, 3.05) is 7.11 Å². The molecular weight excluding hydrogens is 410 g/mol. The molecule has 2 aromatic rings. The van der Waals surface area contributed by atoms with Gasteiger partial charge in [-0.05, 0) is 41.1 Å². The van der Waals surface area contributed by atoms with E-state index in [1.54, 1.807) is 25.3 Å². The number of benzene rings is 2. The Morgan fingerprint density at radius 3 is 2.55 bits per heavy atom. The average molecular weight is 423 g/mol. The van der Waals surface area contributed by atoms with E-state index in [1.807, 2.05) is 13.0 Å². The lowest BCUT2D eigenvalue weighted by Crippen LogP contribution is -2.01. The van der Waals surface area contributed by atoms with E-state index >= 15 is 0 Å². The summed E-state index contributed by atoms with van der Waals surface area (Å²) in [6.07, 6.45) is 0. The van der Waals surface area contributed by atoms with Gasteiger partial charge in [-0.25, -0.2) is 4.39 Å². The van der Waals surface area contributed by atoms with E-state index in [0.717, 1.165) is 15.6 Å². The molecule has 0 radical (unpaired) electrons. The summed E-state index contributed by atoms with van der Waals surface area (Å²) >= 11 is 13.0. The van der Waals surface area contributed by atoms with Gasteiger partial charge in [-0.1, -0.05) is 45.2 Å². The summed E-state index contributed by atoms with van der Waals surface area (Å²) < 4.78 is 20.1. The Morgan fingerprint density at radius 1 is 1.20 bits per heavy atom. The zero-order valence-electron chi connectivity index (χ0n) is 10.9. The van der Waals surface area contributed by atoms with E-state index in [0.29, 0.717) is 16.3 Å². The van der Waals surface area contributed by atoms with E-state index < -0.39 is 0 Å². The molecule has 0 aliphatic carbocycles. The molecule has 20 heavy (non-hydrogen) atoms. The van der Waals surface area contributed by atoms with Gasteiger partial charge in [0.15, 0.2) is 0 Å². The Bertz CT molecular complexity index is 646. The van der Waals surface area contributed by atoms with E-state index in [4.69, 9.17) is 16.3 Å². The molecule has 1 nitrogen and oxygen atoms in total. The molecule has 0 saturated carbocycles. The molecular formula is C15H12Br2ClFO. The summed E-state index contributed by atoms with van der Waals surface area (Å²) in [5, 5.41) is 0.560. The molecule has 0 saturated heterocycles. The summed E-state index contributed by atoms with van der Waals surface area (Å²) in [5.41, 5.74) is 2.32. The van der Waals surface area contributed by atoms with Crippen LogP contribution in [0.4, 0.5) is 4.39 Å². The summed E-state index contributed by atoms with van der Waals surface area (Å²) in [7, 11) is 1.57. The Morgan fingerprint density at radius 2 is 1.90 bits per heavy atom. The fourth-order valence-corrected chi connectivity index (χ4v) is 3.70. The zero-order chi connectivity index (χ0) is 14.9. The highest BCUT2D eigenvalue weighted by molar-refractivity contribution is 9.10. The van der Waals surface area contributed by atoms with Crippen molar-refractivity contribution in [1.29, 1.82) is 0 Å². The van der Waals surface area contributed by atoms with Crippen molar-refractivity contribution in [1.82, 2.24) is 0 Å². The minimum atomic E-state index is -0.340. The van der Waals surface area contributed by atoms with Gasteiger partial charge in [0.2, 0.25) is 0 Å². The first-order chi connectivity index (χ1) is 9.43. The van der Waals surface area contributed by atoms with Gasteiger partial charge in [0.1, 0.15) is 11.6 Å². The highest BCUT2D eigenvalue weighted by Gasteiger charge is 2.21. The van der Waals surface area contributed by atoms with Crippen molar-refractivity contribution >= 4 is 43.5 Å². The predicted octanol–water partition coefficient (Wildman–Crippen LogP) is 6.04. The van der Waals surface area contributed by atoms with Crippen molar-refractivity contribution < 1.29 is 9.13 Å². The quantitative estimate of drug-likeness (QED) is 0.548. The summed E-state index contributed by atoms with van der Waals surface area (Å²) in [6, 6.07) is 8.53. The minimum Gasteiger partial charge on any atom is -0.495 e. The van der Waals surface area contributed by atoms with Crippen molar-refractivity contribution in [3.8, 4) is 5.75 Å². The van der Waals surface area contributed by atoms with Crippen molar-refractivity contribution in [2.45, 2.75) is 11.8 Å². The minimum absolute atomic E-state index is 0.268. The highest BCUT2D eigenvalue weighted by Crippen LogP contribution is 2.42. The van der Waals surface area contributed by atoms with E-state index in [2.05, 4.69) is 31.9 Å². The molecule has 0 heterocycles. The van der Waals surface area contributed by atoms with Gasteiger partial charge in [0, 0.05) is 16.1 Å². The molecule has 0 aliphatic heterocycles. The van der Waals surface area contributed by atoms with E-state index in [-0.39, 0.29) is 10.6 Å². The van der Waals surface area contributed by atoms with Crippen molar-refractivity contribution in [3.63, 3.8) is 0 Å². The number of hydrogen-bond acceptors (Lipinski definition) is 1. The van der Waals surface area contributed by atoms with Crippen LogP contribution in [0.1, 0.15) is 21.5 Å². The van der Waals surface area contributed by atoms with Gasteiger partial charge in [-0.2, -0.15) is 0 Å². The molecule has 0 spiro atoms. The predicted molar refractivity (Wildman–Crippen MR) is 87.6 cm³/mol. The van der Waals surface area contributed by atoms with Gasteiger partial charge in [0.05, 0.1) is 16.4 Å². The molecule has 0 aromatic heterocycles. The fourth-order valence-electron chi connectivity index (χ4n) is 2.01. The first-order valence-electron chi connectivity index (χ1n) is 5.87. The molecule has 1 atom stereocenters. The van der Waals surface area contributed by atoms with Crippen LogP contribution in [0, 0.1) is 12.7 Å². The molecule has 0 aliphatic rings. The standard InChI is InChI=1S/C15H12Br2ClFO/c1-8-3-4-13(19)10(5-8)14(17)11-6-9(18)7-12(16)15(11)20-2/h3-7,14H,1-2H3. The molecule has 0 fully saturated rings. The molecule has 5 heteroatoms. The maximum absolute atomic E-state index is 14.0. The number of aryl methyl sites for hydroxylation is 1. The number of ether oxygens (including phenoxy) is 1. The first kappa shape index (κ1) is 15.8.